The molecule has 0 fully saturated rings. The minimum Gasteiger partial charge on any atom is -0.349 e. The largest absolute Gasteiger partial charge is 0.349 e. The lowest BCUT2D eigenvalue weighted by molar-refractivity contribution is 0.0957. The summed E-state index contributed by atoms with van der Waals surface area (Å²) >= 11 is 0. The summed E-state index contributed by atoms with van der Waals surface area (Å²) in [7, 11) is 3.83. The van der Waals surface area contributed by atoms with Gasteiger partial charge in [0.2, 0.25) is 0 Å². The monoisotopic (exact) mass is 208 g/mol. The van der Waals surface area contributed by atoms with Crippen LogP contribution >= 0.6 is 0 Å². The number of carbonyl (C=O) groups excluding carboxylic acids is 1. The standard InChI is InChI=1S/C12H20N2O/c1-6-14-9(2)7-11(10(14)3)12(15)8-13(4)5/h7H,6,8H2,1-5H3. The molecular weight excluding hydrogens is 188 g/mol. The summed E-state index contributed by atoms with van der Waals surface area (Å²) < 4.78 is 2.17. The van der Waals surface area contributed by atoms with Crippen molar-refractivity contribution in [3.05, 3.63) is 23.0 Å². The van der Waals surface area contributed by atoms with E-state index >= 15 is 0 Å². The average Bonchev–Trinajstić information content (AvgIpc) is 2.40. The summed E-state index contributed by atoms with van der Waals surface area (Å²) in [6.07, 6.45) is 0. The normalized spacial score (nSPS) is 11.1. The van der Waals surface area contributed by atoms with Crippen LogP contribution < -0.4 is 0 Å². The van der Waals surface area contributed by atoms with Crippen molar-refractivity contribution in [3.63, 3.8) is 0 Å². The molecule has 3 heteroatoms. The first-order valence-corrected chi connectivity index (χ1v) is 5.32. The fourth-order valence-electron chi connectivity index (χ4n) is 1.94. The molecule has 0 amide bonds. The van der Waals surface area contributed by atoms with Crippen LogP contribution in [-0.2, 0) is 6.54 Å². The minimum absolute atomic E-state index is 0.202. The van der Waals surface area contributed by atoms with Crippen LogP contribution in [0.4, 0.5) is 0 Å². The number of Topliss-reactive ketones (excluding diaryl/α,β-unsaturated/α-hetero) is 1. The van der Waals surface area contributed by atoms with Crippen molar-refractivity contribution in [2.45, 2.75) is 27.3 Å². The Kier molecular flexibility index (Phi) is 3.69. The average molecular weight is 208 g/mol. The maximum Gasteiger partial charge on any atom is 0.178 e. The molecule has 1 aromatic rings. The highest BCUT2D eigenvalue weighted by molar-refractivity contribution is 5.98. The molecule has 0 unspecified atom stereocenters. The van der Waals surface area contributed by atoms with Gasteiger partial charge in [0.1, 0.15) is 0 Å². The molecule has 0 N–H and O–H groups in total. The number of aryl methyl sites for hydroxylation is 1. The Morgan fingerprint density at radius 2 is 2.00 bits per heavy atom. The molecule has 1 aromatic heterocycles. The number of aromatic nitrogens is 1. The summed E-state index contributed by atoms with van der Waals surface area (Å²) in [5.74, 6) is 0.202. The van der Waals surface area contributed by atoms with Crippen molar-refractivity contribution in [1.82, 2.24) is 9.47 Å². The third-order valence-electron chi connectivity index (χ3n) is 2.65. The van der Waals surface area contributed by atoms with Gasteiger partial charge in [-0.1, -0.05) is 0 Å². The van der Waals surface area contributed by atoms with Gasteiger partial charge in [0.15, 0.2) is 5.78 Å². The predicted octanol–water partition coefficient (Wildman–Crippen LogP) is 1.87. The molecule has 0 spiro atoms. The zero-order valence-corrected chi connectivity index (χ0v) is 10.3. The Balaban J connectivity index is 3.00. The van der Waals surface area contributed by atoms with Crippen LogP contribution in [0.15, 0.2) is 6.07 Å². The molecular formula is C12H20N2O. The van der Waals surface area contributed by atoms with Gasteiger partial charge in [-0.2, -0.15) is 0 Å². The molecule has 1 heterocycles. The lowest BCUT2D eigenvalue weighted by atomic mass is 10.1. The molecule has 0 saturated carbocycles. The van der Waals surface area contributed by atoms with Crippen molar-refractivity contribution < 1.29 is 4.79 Å². The summed E-state index contributed by atoms with van der Waals surface area (Å²) in [6.45, 7) is 7.56. The number of rotatable bonds is 4. The van der Waals surface area contributed by atoms with E-state index in [2.05, 4.69) is 11.5 Å². The molecule has 15 heavy (non-hydrogen) atoms. The third-order valence-corrected chi connectivity index (χ3v) is 2.65. The number of ketones is 1. The van der Waals surface area contributed by atoms with Crippen molar-refractivity contribution >= 4 is 5.78 Å². The van der Waals surface area contributed by atoms with Gasteiger partial charge in [-0.25, -0.2) is 0 Å². The summed E-state index contributed by atoms with van der Waals surface area (Å²) in [4.78, 5) is 13.8. The van der Waals surface area contributed by atoms with E-state index in [1.165, 1.54) is 0 Å². The Morgan fingerprint density at radius 3 is 2.40 bits per heavy atom. The van der Waals surface area contributed by atoms with Crippen LogP contribution in [0.25, 0.3) is 0 Å². The zero-order chi connectivity index (χ0) is 11.6. The van der Waals surface area contributed by atoms with Gasteiger partial charge in [0.25, 0.3) is 0 Å². The molecule has 0 atom stereocenters. The first-order valence-electron chi connectivity index (χ1n) is 5.32. The lowest BCUT2D eigenvalue weighted by Crippen LogP contribution is -2.22. The highest BCUT2D eigenvalue weighted by atomic mass is 16.1. The second-order valence-electron chi connectivity index (χ2n) is 4.19. The van der Waals surface area contributed by atoms with E-state index in [-0.39, 0.29) is 5.78 Å². The zero-order valence-electron chi connectivity index (χ0n) is 10.3. The Hall–Kier alpha value is -1.09. The topological polar surface area (TPSA) is 25.2 Å². The maximum absolute atomic E-state index is 11.9. The predicted molar refractivity (Wildman–Crippen MR) is 62.5 cm³/mol. The molecule has 0 aliphatic rings. The van der Waals surface area contributed by atoms with Gasteiger partial charge >= 0.3 is 0 Å². The van der Waals surface area contributed by atoms with Gasteiger partial charge in [0.05, 0.1) is 6.54 Å². The first kappa shape index (κ1) is 12.0. The van der Waals surface area contributed by atoms with E-state index in [4.69, 9.17) is 0 Å². The Labute approximate surface area is 91.7 Å². The minimum atomic E-state index is 0.202. The van der Waals surface area contributed by atoms with Crippen molar-refractivity contribution in [2.24, 2.45) is 0 Å². The number of hydrogen-bond donors (Lipinski definition) is 0. The van der Waals surface area contributed by atoms with Crippen molar-refractivity contribution in [2.75, 3.05) is 20.6 Å². The van der Waals surface area contributed by atoms with Crippen LogP contribution in [0, 0.1) is 13.8 Å². The fraction of sp³-hybridized carbons (Fsp3) is 0.583. The SMILES string of the molecule is CCn1c(C)cc(C(=O)CN(C)C)c1C. The molecule has 1 rings (SSSR count). The summed E-state index contributed by atoms with van der Waals surface area (Å²) in [5, 5.41) is 0. The van der Waals surface area contributed by atoms with E-state index in [1.807, 2.05) is 38.9 Å². The molecule has 0 bridgehead atoms. The van der Waals surface area contributed by atoms with Crippen molar-refractivity contribution in [3.8, 4) is 0 Å². The Bertz CT molecular complexity index is 364. The summed E-state index contributed by atoms with van der Waals surface area (Å²) in [5.41, 5.74) is 3.11. The number of hydrogen-bond acceptors (Lipinski definition) is 2. The van der Waals surface area contributed by atoms with Gasteiger partial charge < -0.3 is 9.47 Å². The molecule has 84 valence electrons. The quantitative estimate of drug-likeness (QED) is 0.706. The van der Waals surface area contributed by atoms with Crippen LogP contribution in [0.1, 0.15) is 28.7 Å². The fourth-order valence-corrected chi connectivity index (χ4v) is 1.94. The Morgan fingerprint density at radius 1 is 1.40 bits per heavy atom. The first-order chi connectivity index (χ1) is 6.97. The van der Waals surface area contributed by atoms with Crippen LogP contribution in [-0.4, -0.2) is 35.9 Å². The molecule has 0 aromatic carbocycles. The molecule has 0 aliphatic heterocycles. The number of carbonyl (C=O) groups is 1. The smallest absolute Gasteiger partial charge is 0.178 e. The second-order valence-corrected chi connectivity index (χ2v) is 4.19. The third kappa shape index (κ3) is 2.48. The second kappa shape index (κ2) is 4.62. The van der Waals surface area contributed by atoms with Crippen LogP contribution in [0.5, 0.6) is 0 Å². The van der Waals surface area contributed by atoms with E-state index in [0.29, 0.717) is 6.54 Å². The van der Waals surface area contributed by atoms with Gasteiger partial charge in [-0.05, 0) is 40.9 Å². The van der Waals surface area contributed by atoms with Crippen molar-refractivity contribution in [1.29, 1.82) is 0 Å². The van der Waals surface area contributed by atoms with Gasteiger partial charge in [-0.3, -0.25) is 4.79 Å². The summed E-state index contributed by atoms with van der Waals surface area (Å²) in [6, 6.07) is 1.99. The van der Waals surface area contributed by atoms with Gasteiger partial charge in [0, 0.05) is 23.5 Å². The van der Waals surface area contributed by atoms with E-state index < -0.39 is 0 Å². The number of nitrogens with zero attached hydrogens (tertiary/aromatic N) is 2. The van der Waals surface area contributed by atoms with Gasteiger partial charge in [-0.15, -0.1) is 0 Å². The van der Waals surface area contributed by atoms with E-state index in [9.17, 15) is 4.79 Å². The molecule has 0 saturated heterocycles. The maximum atomic E-state index is 11.9. The van der Waals surface area contributed by atoms with Crippen LogP contribution in [0.3, 0.4) is 0 Å². The molecule has 0 radical (unpaired) electrons. The highest BCUT2D eigenvalue weighted by Gasteiger charge is 2.14. The molecule has 3 nitrogen and oxygen atoms in total. The lowest BCUT2D eigenvalue weighted by Gasteiger charge is -2.09. The van der Waals surface area contributed by atoms with E-state index in [1.54, 1.807) is 0 Å². The highest BCUT2D eigenvalue weighted by Crippen LogP contribution is 2.15. The van der Waals surface area contributed by atoms with E-state index in [0.717, 1.165) is 23.5 Å². The number of likely N-dealkylation sites (N-methyl/N-ethyl adjacent to an activating group) is 1. The molecule has 0 aliphatic carbocycles. The van der Waals surface area contributed by atoms with Crippen LogP contribution in [0.2, 0.25) is 0 Å².